The van der Waals surface area contributed by atoms with E-state index in [1.807, 2.05) is 36.4 Å². The van der Waals surface area contributed by atoms with E-state index < -0.39 is 5.97 Å². The maximum Gasteiger partial charge on any atom is 0.335 e. The maximum atomic E-state index is 11.6. The summed E-state index contributed by atoms with van der Waals surface area (Å²) in [6.45, 7) is 4.34. The Morgan fingerprint density at radius 2 is 1.34 bits per heavy atom. The summed E-state index contributed by atoms with van der Waals surface area (Å²) in [5.41, 5.74) is 3.61. The maximum absolute atomic E-state index is 11.6. The van der Waals surface area contributed by atoms with E-state index in [0.29, 0.717) is 17.9 Å². The van der Waals surface area contributed by atoms with E-state index in [2.05, 4.69) is 13.0 Å². The summed E-state index contributed by atoms with van der Waals surface area (Å²) < 4.78 is 5.95. The molecule has 0 fully saturated rings. The van der Waals surface area contributed by atoms with E-state index in [4.69, 9.17) is 10.00 Å². The van der Waals surface area contributed by atoms with Gasteiger partial charge >= 0.3 is 5.97 Å². The predicted molar refractivity (Wildman–Crippen MR) is 130 cm³/mol. The van der Waals surface area contributed by atoms with Crippen LogP contribution in [0, 0.1) is 11.3 Å². The molecule has 0 spiro atoms. The molecule has 2 rings (SSSR count). The Hall–Kier alpha value is -3.06. The van der Waals surface area contributed by atoms with Gasteiger partial charge in [-0.25, -0.2) is 4.79 Å². The standard InChI is InChI=1S/C28H35NO3/c1-3-4-5-6-7-8-9-10-11-20-32-27(22(2)28(30)31)26-18-16-25(17-19-26)24-14-12-23(21-29)13-15-24/h12-19H,3-11,20H2,1-2H3,(H,30,31). The van der Waals surface area contributed by atoms with Crippen LogP contribution in [-0.4, -0.2) is 17.7 Å². The van der Waals surface area contributed by atoms with Gasteiger partial charge in [0.15, 0.2) is 0 Å². The van der Waals surface area contributed by atoms with Crippen LogP contribution < -0.4 is 0 Å². The van der Waals surface area contributed by atoms with E-state index in [-0.39, 0.29) is 5.57 Å². The third-order valence-electron chi connectivity index (χ3n) is 5.65. The van der Waals surface area contributed by atoms with Crippen molar-refractivity contribution in [2.24, 2.45) is 0 Å². The van der Waals surface area contributed by atoms with Crippen LogP contribution in [0.1, 0.15) is 82.8 Å². The number of carbonyl (C=O) groups is 1. The van der Waals surface area contributed by atoms with Gasteiger partial charge in [0.05, 0.1) is 23.8 Å². The van der Waals surface area contributed by atoms with Crippen LogP contribution >= 0.6 is 0 Å². The molecule has 0 saturated carbocycles. The summed E-state index contributed by atoms with van der Waals surface area (Å²) in [5.74, 6) is -0.535. The van der Waals surface area contributed by atoms with Crippen molar-refractivity contribution in [3.63, 3.8) is 0 Å². The van der Waals surface area contributed by atoms with Crippen LogP contribution in [0.2, 0.25) is 0 Å². The minimum Gasteiger partial charge on any atom is -0.492 e. The number of carboxylic acids is 1. The zero-order valence-corrected chi connectivity index (χ0v) is 19.4. The van der Waals surface area contributed by atoms with E-state index in [1.165, 1.54) is 44.9 Å². The second-order valence-corrected chi connectivity index (χ2v) is 8.20. The number of hydrogen-bond acceptors (Lipinski definition) is 3. The summed E-state index contributed by atoms with van der Waals surface area (Å²) >= 11 is 0. The van der Waals surface area contributed by atoms with Crippen molar-refractivity contribution in [3.8, 4) is 17.2 Å². The summed E-state index contributed by atoms with van der Waals surface area (Å²) in [4.78, 5) is 11.6. The number of aliphatic carboxylic acids is 1. The lowest BCUT2D eigenvalue weighted by molar-refractivity contribution is -0.132. The second kappa shape index (κ2) is 14.1. The average molecular weight is 434 g/mol. The first-order chi connectivity index (χ1) is 15.6. The molecule has 2 aromatic carbocycles. The lowest BCUT2D eigenvalue weighted by Crippen LogP contribution is -2.05. The Kier molecular flexibility index (Phi) is 11.1. The zero-order valence-electron chi connectivity index (χ0n) is 19.4. The van der Waals surface area contributed by atoms with Crippen molar-refractivity contribution in [2.75, 3.05) is 6.61 Å². The summed E-state index contributed by atoms with van der Waals surface area (Å²) in [7, 11) is 0. The van der Waals surface area contributed by atoms with E-state index in [0.717, 1.165) is 29.5 Å². The van der Waals surface area contributed by atoms with Gasteiger partial charge in [0.1, 0.15) is 5.76 Å². The van der Waals surface area contributed by atoms with Crippen LogP contribution in [0.4, 0.5) is 0 Å². The first kappa shape index (κ1) is 25.2. The van der Waals surface area contributed by atoms with Gasteiger partial charge in [-0.15, -0.1) is 0 Å². The topological polar surface area (TPSA) is 70.3 Å². The Labute approximate surface area is 192 Å². The number of rotatable bonds is 14. The molecular weight excluding hydrogens is 398 g/mol. The van der Waals surface area contributed by atoms with Crippen molar-refractivity contribution in [1.82, 2.24) is 0 Å². The number of nitriles is 1. The molecule has 0 amide bonds. The molecule has 0 saturated heterocycles. The highest BCUT2D eigenvalue weighted by atomic mass is 16.5. The molecule has 0 aliphatic rings. The van der Waals surface area contributed by atoms with Gasteiger partial charge in [0.25, 0.3) is 0 Å². The second-order valence-electron chi connectivity index (χ2n) is 8.20. The predicted octanol–water partition coefficient (Wildman–Crippen LogP) is 7.59. The van der Waals surface area contributed by atoms with E-state index >= 15 is 0 Å². The number of benzene rings is 2. The van der Waals surface area contributed by atoms with E-state index in [9.17, 15) is 9.90 Å². The first-order valence-corrected chi connectivity index (χ1v) is 11.7. The Balaban J connectivity index is 1.91. The third-order valence-corrected chi connectivity index (χ3v) is 5.65. The number of ether oxygens (including phenoxy) is 1. The molecule has 170 valence electrons. The van der Waals surface area contributed by atoms with Crippen molar-refractivity contribution in [1.29, 1.82) is 5.26 Å². The van der Waals surface area contributed by atoms with Gasteiger partial charge in [-0.3, -0.25) is 0 Å². The van der Waals surface area contributed by atoms with E-state index in [1.54, 1.807) is 19.1 Å². The molecule has 0 bridgehead atoms. The molecule has 0 aromatic heterocycles. The molecule has 4 nitrogen and oxygen atoms in total. The van der Waals surface area contributed by atoms with Crippen molar-refractivity contribution in [2.45, 2.75) is 71.6 Å². The highest BCUT2D eigenvalue weighted by Crippen LogP contribution is 2.26. The molecule has 1 N–H and O–H groups in total. The fourth-order valence-electron chi connectivity index (χ4n) is 3.64. The zero-order chi connectivity index (χ0) is 23.2. The highest BCUT2D eigenvalue weighted by molar-refractivity contribution is 5.94. The largest absolute Gasteiger partial charge is 0.492 e. The number of unbranched alkanes of at least 4 members (excludes halogenated alkanes) is 8. The Morgan fingerprint density at radius 3 is 1.84 bits per heavy atom. The van der Waals surface area contributed by atoms with Crippen molar-refractivity contribution < 1.29 is 14.6 Å². The molecule has 0 atom stereocenters. The van der Waals surface area contributed by atoms with Crippen LogP contribution in [0.5, 0.6) is 0 Å². The number of hydrogen-bond donors (Lipinski definition) is 1. The molecule has 0 aliphatic carbocycles. The van der Waals surface area contributed by atoms with Crippen molar-refractivity contribution in [3.05, 3.63) is 65.2 Å². The molecule has 4 heteroatoms. The number of nitrogens with zero attached hydrogens (tertiary/aromatic N) is 1. The quantitative estimate of drug-likeness (QED) is 0.189. The van der Waals surface area contributed by atoms with Gasteiger partial charge in [-0.2, -0.15) is 5.26 Å². The summed E-state index contributed by atoms with van der Waals surface area (Å²) in [5, 5.41) is 18.4. The summed E-state index contributed by atoms with van der Waals surface area (Å²) in [6.07, 6.45) is 11.1. The average Bonchev–Trinajstić information content (AvgIpc) is 2.82. The molecular formula is C28H35NO3. The van der Waals surface area contributed by atoms with Crippen LogP contribution in [0.25, 0.3) is 16.9 Å². The first-order valence-electron chi connectivity index (χ1n) is 11.7. The van der Waals surface area contributed by atoms with Crippen LogP contribution in [-0.2, 0) is 9.53 Å². The lowest BCUT2D eigenvalue weighted by atomic mass is 10.0. The van der Waals surface area contributed by atoms with Gasteiger partial charge in [0.2, 0.25) is 0 Å². The fourth-order valence-corrected chi connectivity index (χ4v) is 3.64. The fraction of sp³-hybridized carbons (Fsp3) is 0.429. The summed E-state index contributed by atoms with van der Waals surface area (Å²) in [6, 6.07) is 17.2. The molecule has 32 heavy (non-hydrogen) atoms. The van der Waals surface area contributed by atoms with Crippen LogP contribution in [0.3, 0.4) is 0 Å². The van der Waals surface area contributed by atoms with Gasteiger partial charge in [-0.1, -0.05) is 94.7 Å². The van der Waals surface area contributed by atoms with Crippen LogP contribution in [0.15, 0.2) is 54.1 Å². The third kappa shape index (κ3) is 8.23. The molecule has 0 unspecified atom stereocenters. The number of carboxylic acid groups (broad SMARTS) is 1. The van der Waals surface area contributed by atoms with Gasteiger partial charge < -0.3 is 9.84 Å². The minimum absolute atomic E-state index is 0.215. The smallest absolute Gasteiger partial charge is 0.335 e. The molecule has 0 heterocycles. The highest BCUT2D eigenvalue weighted by Gasteiger charge is 2.14. The lowest BCUT2D eigenvalue weighted by Gasteiger charge is -2.14. The van der Waals surface area contributed by atoms with Crippen molar-refractivity contribution >= 4 is 11.7 Å². The molecule has 2 aromatic rings. The molecule has 0 aliphatic heterocycles. The SMILES string of the molecule is CCCCCCCCCCCOC(=C(C)C(=O)O)c1ccc(-c2ccc(C#N)cc2)cc1. The Morgan fingerprint density at radius 1 is 0.844 bits per heavy atom. The normalized spacial score (nSPS) is 11.5. The molecule has 0 radical (unpaired) electrons. The Bertz CT molecular complexity index is 905. The minimum atomic E-state index is -0.969. The monoisotopic (exact) mass is 433 g/mol. The van der Waals surface area contributed by atoms with Gasteiger partial charge in [0, 0.05) is 5.56 Å². The van der Waals surface area contributed by atoms with Gasteiger partial charge in [-0.05, 0) is 36.6 Å².